The van der Waals surface area contributed by atoms with Gasteiger partial charge in [-0.15, -0.1) is 0 Å². The van der Waals surface area contributed by atoms with Crippen molar-refractivity contribution in [3.8, 4) is 6.07 Å². The number of nitrogens with zero attached hydrogens (tertiary/aromatic N) is 1. The van der Waals surface area contributed by atoms with Crippen molar-refractivity contribution in [3.63, 3.8) is 0 Å². The fraction of sp³-hybridized carbons (Fsp3) is 0.118. The quantitative estimate of drug-likeness (QED) is 0.832. The monoisotopic (exact) mass is 362 g/mol. The Bertz CT molecular complexity index is 814. The standard InChI is InChI=1S/C17H12Cl2N2O3/c1-10(16(22)21-13-5-2-11(9-20)3-6-13)24-17(23)14-7-4-12(18)8-15(14)19/h2-8,10H,1H3,(H,21,22)/t10-/m1/s1. The van der Waals surface area contributed by atoms with E-state index in [2.05, 4.69) is 5.32 Å². The molecule has 5 nitrogen and oxygen atoms in total. The Kier molecular flexibility index (Phi) is 5.80. The summed E-state index contributed by atoms with van der Waals surface area (Å²) in [7, 11) is 0. The molecule has 0 aliphatic carbocycles. The van der Waals surface area contributed by atoms with E-state index in [-0.39, 0.29) is 10.6 Å². The molecule has 2 aromatic carbocycles. The van der Waals surface area contributed by atoms with Crippen molar-refractivity contribution in [2.75, 3.05) is 5.32 Å². The summed E-state index contributed by atoms with van der Waals surface area (Å²) in [6.45, 7) is 1.45. The van der Waals surface area contributed by atoms with E-state index in [1.54, 1.807) is 24.3 Å². The first-order valence-corrected chi connectivity index (χ1v) is 7.63. The minimum atomic E-state index is -1.03. The zero-order valence-corrected chi connectivity index (χ0v) is 14.1. The zero-order valence-electron chi connectivity index (χ0n) is 12.5. The fourth-order valence-corrected chi connectivity index (χ4v) is 2.29. The van der Waals surface area contributed by atoms with Gasteiger partial charge < -0.3 is 10.1 Å². The largest absolute Gasteiger partial charge is 0.449 e. The summed E-state index contributed by atoms with van der Waals surface area (Å²) in [5.74, 6) is -1.22. The van der Waals surface area contributed by atoms with Gasteiger partial charge >= 0.3 is 5.97 Å². The number of ether oxygens (including phenoxy) is 1. The lowest BCUT2D eigenvalue weighted by atomic mass is 10.2. The number of carbonyl (C=O) groups is 2. The topological polar surface area (TPSA) is 79.2 Å². The summed E-state index contributed by atoms with van der Waals surface area (Å²) in [5, 5.41) is 11.9. The first-order valence-electron chi connectivity index (χ1n) is 6.88. The lowest BCUT2D eigenvalue weighted by Gasteiger charge is -2.14. The molecule has 0 fully saturated rings. The van der Waals surface area contributed by atoms with E-state index in [1.807, 2.05) is 6.07 Å². The van der Waals surface area contributed by atoms with Crippen molar-refractivity contribution >= 4 is 40.8 Å². The van der Waals surface area contributed by atoms with E-state index in [0.29, 0.717) is 16.3 Å². The molecular formula is C17H12Cl2N2O3. The number of amides is 1. The van der Waals surface area contributed by atoms with Gasteiger partial charge in [0.1, 0.15) is 0 Å². The van der Waals surface area contributed by atoms with Crippen LogP contribution in [-0.4, -0.2) is 18.0 Å². The van der Waals surface area contributed by atoms with Gasteiger partial charge in [-0.05, 0) is 49.4 Å². The molecule has 0 saturated carbocycles. The van der Waals surface area contributed by atoms with Gasteiger partial charge in [0.05, 0.1) is 22.2 Å². The van der Waals surface area contributed by atoms with Crippen LogP contribution in [0, 0.1) is 11.3 Å². The van der Waals surface area contributed by atoms with Crippen molar-refractivity contribution in [2.24, 2.45) is 0 Å². The van der Waals surface area contributed by atoms with Crippen LogP contribution in [0.25, 0.3) is 0 Å². The smallest absolute Gasteiger partial charge is 0.340 e. The predicted octanol–water partition coefficient (Wildman–Crippen LogP) is 4.05. The Balaban J connectivity index is 2.00. The average Bonchev–Trinajstić information content (AvgIpc) is 2.55. The zero-order chi connectivity index (χ0) is 17.7. The van der Waals surface area contributed by atoms with Crippen LogP contribution in [0.5, 0.6) is 0 Å². The van der Waals surface area contributed by atoms with Crippen LogP contribution in [0.4, 0.5) is 5.69 Å². The summed E-state index contributed by atoms with van der Waals surface area (Å²) < 4.78 is 5.11. The van der Waals surface area contributed by atoms with Gasteiger partial charge in [-0.25, -0.2) is 4.79 Å². The Labute approximate surface area is 148 Å². The molecule has 0 unspecified atom stereocenters. The number of hydrogen-bond acceptors (Lipinski definition) is 4. The van der Waals surface area contributed by atoms with Crippen molar-refractivity contribution < 1.29 is 14.3 Å². The van der Waals surface area contributed by atoms with E-state index in [1.165, 1.54) is 25.1 Å². The minimum Gasteiger partial charge on any atom is -0.449 e. The third-order valence-corrected chi connectivity index (χ3v) is 3.63. The van der Waals surface area contributed by atoms with E-state index >= 15 is 0 Å². The maximum absolute atomic E-state index is 12.1. The van der Waals surface area contributed by atoms with Crippen LogP contribution in [0.15, 0.2) is 42.5 Å². The van der Waals surface area contributed by atoms with Crippen LogP contribution < -0.4 is 5.32 Å². The summed E-state index contributed by atoms with van der Waals surface area (Å²) in [5.41, 5.74) is 1.09. The molecule has 0 spiro atoms. The van der Waals surface area contributed by atoms with Gasteiger partial charge in [0.2, 0.25) is 0 Å². The number of halogens is 2. The summed E-state index contributed by atoms with van der Waals surface area (Å²) in [4.78, 5) is 24.1. The molecule has 2 rings (SSSR count). The van der Waals surface area contributed by atoms with E-state index in [9.17, 15) is 9.59 Å². The second kappa shape index (κ2) is 7.82. The molecule has 0 bridgehead atoms. The highest BCUT2D eigenvalue weighted by Gasteiger charge is 2.20. The highest BCUT2D eigenvalue weighted by atomic mass is 35.5. The Morgan fingerprint density at radius 2 is 1.83 bits per heavy atom. The second-order valence-electron chi connectivity index (χ2n) is 4.85. The molecule has 0 aliphatic heterocycles. The third-order valence-electron chi connectivity index (χ3n) is 3.09. The lowest BCUT2D eigenvalue weighted by Crippen LogP contribution is -2.30. The molecule has 122 valence electrons. The first-order chi connectivity index (χ1) is 11.4. The average molecular weight is 363 g/mol. The maximum atomic E-state index is 12.1. The van der Waals surface area contributed by atoms with Gasteiger partial charge in [0.15, 0.2) is 6.10 Å². The number of benzene rings is 2. The number of nitrogens with one attached hydrogen (secondary N) is 1. The van der Waals surface area contributed by atoms with Gasteiger partial charge in [-0.3, -0.25) is 4.79 Å². The van der Waals surface area contributed by atoms with Crippen molar-refractivity contribution in [2.45, 2.75) is 13.0 Å². The first kappa shape index (κ1) is 17.8. The molecule has 1 N–H and O–H groups in total. The molecule has 0 aliphatic rings. The normalized spacial score (nSPS) is 11.2. The molecule has 0 radical (unpaired) electrons. The lowest BCUT2D eigenvalue weighted by molar-refractivity contribution is -0.123. The third kappa shape index (κ3) is 4.48. The molecule has 0 heterocycles. The molecule has 0 saturated heterocycles. The van der Waals surface area contributed by atoms with Crippen LogP contribution in [-0.2, 0) is 9.53 Å². The van der Waals surface area contributed by atoms with Gasteiger partial charge in [-0.1, -0.05) is 23.2 Å². The predicted molar refractivity (Wildman–Crippen MR) is 91.1 cm³/mol. The SMILES string of the molecule is C[C@@H](OC(=O)c1ccc(Cl)cc1Cl)C(=O)Nc1ccc(C#N)cc1. The number of anilines is 1. The highest BCUT2D eigenvalue weighted by Crippen LogP contribution is 2.22. The molecule has 7 heteroatoms. The Hall–Kier alpha value is -2.55. The van der Waals surface area contributed by atoms with Crippen LogP contribution in [0.2, 0.25) is 10.0 Å². The van der Waals surface area contributed by atoms with E-state index < -0.39 is 18.0 Å². The van der Waals surface area contributed by atoms with Crippen molar-refractivity contribution in [1.82, 2.24) is 0 Å². The van der Waals surface area contributed by atoms with Gasteiger partial charge in [0, 0.05) is 10.7 Å². The number of rotatable bonds is 4. The maximum Gasteiger partial charge on any atom is 0.340 e. The van der Waals surface area contributed by atoms with Gasteiger partial charge in [-0.2, -0.15) is 5.26 Å². The Morgan fingerprint density at radius 1 is 1.17 bits per heavy atom. The number of hydrogen-bond donors (Lipinski definition) is 1. The number of esters is 1. The van der Waals surface area contributed by atoms with E-state index in [4.69, 9.17) is 33.2 Å². The van der Waals surface area contributed by atoms with Gasteiger partial charge in [0.25, 0.3) is 5.91 Å². The molecule has 24 heavy (non-hydrogen) atoms. The summed E-state index contributed by atoms with van der Waals surface area (Å²) >= 11 is 11.7. The molecule has 2 aromatic rings. The fourth-order valence-electron chi connectivity index (χ4n) is 1.80. The van der Waals surface area contributed by atoms with E-state index in [0.717, 1.165) is 0 Å². The molecule has 1 atom stereocenters. The highest BCUT2D eigenvalue weighted by molar-refractivity contribution is 6.36. The van der Waals surface area contributed by atoms with Crippen LogP contribution >= 0.6 is 23.2 Å². The minimum absolute atomic E-state index is 0.124. The van der Waals surface area contributed by atoms with Crippen molar-refractivity contribution in [3.05, 3.63) is 63.6 Å². The number of carbonyl (C=O) groups excluding carboxylic acids is 2. The molecular weight excluding hydrogens is 351 g/mol. The molecule has 0 aromatic heterocycles. The number of nitriles is 1. The van der Waals surface area contributed by atoms with Crippen molar-refractivity contribution in [1.29, 1.82) is 5.26 Å². The second-order valence-corrected chi connectivity index (χ2v) is 5.69. The molecule has 1 amide bonds. The van der Waals surface area contributed by atoms with Crippen LogP contribution in [0.1, 0.15) is 22.8 Å². The summed E-state index contributed by atoms with van der Waals surface area (Å²) in [6, 6.07) is 12.6. The Morgan fingerprint density at radius 3 is 2.42 bits per heavy atom. The summed E-state index contributed by atoms with van der Waals surface area (Å²) in [6.07, 6.45) is -1.03. The van der Waals surface area contributed by atoms with Crippen LogP contribution in [0.3, 0.4) is 0 Å².